The first-order valence-electron chi connectivity index (χ1n) is 8.42. The molecule has 6 nitrogen and oxygen atoms in total. The molecule has 2 aromatic carbocycles. The van der Waals surface area contributed by atoms with Crippen LogP contribution in [0.1, 0.15) is 22.8 Å². The predicted molar refractivity (Wildman–Crippen MR) is 98.3 cm³/mol. The van der Waals surface area contributed by atoms with E-state index in [4.69, 9.17) is 4.74 Å². The Morgan fingerprint density at radius 1 is 1.12 bits per heavy atom. The molecule has 0 aromatic heterocycles. The van der Waals surface area contributed by atoms with Crippen molar-refractivity contribution in [3.8, 4) is 0 Å². The number of aryl methyl sites for hydroxylation is 2. The van der Waals surface area contributed by atoms with Crippen LogP contribution in [0.2, 0.25) is 0 Å². The molecule has 2 amide bonds. The van der Waals surface area contributed by atoms with Crippen molar-refractivity contribution in [3.63, 3.8) is 0 Å². The van der Waals surface area contributed by atoms with E-state index in [-0.39, 0.29) is 11.0 Å². The van der Waals surface area contributed by atoms with Gasteiger partial charge in [-0.2, -0.15) is 0 Å². The molecule has 1 atom stereocenters. The van der Waals surface area contributed by atoms with Crippen molar-refractivity contribution in [2.75, 3.05) is 19.7 Å². The largest absolute Gasteiger partial charge is 0.370 e. The zero-order valence-corrected chi connectivity index (χ0v) is 15.6. The number of hydrogen-bond donors (Lipinski definition) is 1. The minimum Gasteiger partial charge on any atom is -0.370 e. The van der Waals surface area contributed by atoms with E-state index in [2.05, 4.69) is 4.72 Å². The topological polar surface area (TPSA) is 75.7 Å². The molecule has 1 unspecified atom stereocenters. The summed E-state index contributed by atoms with van der Waals surface area (Å²) in [5.74, 6) is 0. The average molecular weight is 374 g/mol. The molecule has 3 rings (SSSR count). The lowest BCUT2D eigenvalue weighted by Gasteiger charge is -2.33. The van der Waals surface area contributed by atoms with E-state index in [1.165, 1.54) is 17.0 Å². The fourth-order valence-electron chi connectivity index (χ4n) is 2.93. The molecule has 2 aromatic rings. The normalized spacial score (nSPS) is 17.8. The standard InChI is InChI=1S/C19H22N2O4S/c1-14-7-9-16(10-8-14)26(23,24)20-19(22)21-11-12-25-18(13-21)17-6-4-3-5-15(17)2/h3-10,18H,11-13H2,1-2H3,(H,20,22). The number of urea groups is 1. The summed E-state index contributed by atoms with van der Waals surface area (Å²) < 4.78 is 32.8. The first kappa shape index (κ1) is 18.4. The summed E-state index contributed by atoms with van der Waals surface area (Å²) in [5, 5.41) is 0. The first-order valence-corrected chi connectivity index (χ1v) is 9.90. The highest BCUT2D eigenvalue weighted by Crippen LogP contribution is 2.25. The molecule has 7 heteroatoms. The quantitative estimate of drug-likeness (QED) is 0.896. The molecule has 1 saturated heterocycles. The van der Waals surface area contributed by atoms with Gasteiger partial charge in [-0.1, -0.05) is 42.0 Å². The Labute approximate surface area is 153 Å². The number of nitrogens with one attached hydrogen (secondary N) is 1. The number of sulfonamides is 1. The number of rotatable bonds is 3. The Morgan fingerprint density at radius 3 is 2.50 bits per heavy atom. The Kier molecular flexibility index (Phi) is 5.29. The highest BCUT2D eigenvalue weighted by molar-refractivity contribution is 7.90. The number of benzene rings is 2. The number of carbonyl (C=O) groups excluding carboxylic acids is 1. The van der Waals surface area contributed by atoms with Crippen LogP contribution in [0, 0.1) is 13.8 Å². The number of hydrogen-bond acceptors (Lipinski definition) is 4. The zero-order chi connectivity index (χ0) is 18.7. The third-order valence-corrected chi connectivity index (χ3v) is 5.78. The van der Waals surface area contributed by atoms with E-state index >= 15 is 0 Å². The molecule has 0 spiro atoms. The zero-order valence-electron chi connectivity index (χ0n) is 14.8. The summed E-state index contributed by atoms with van der Waals surface area (Å²) in [6, 6.07) is 13.6. The van der Waals surface area contributed by atoms with Gasteiger partial charge in [0.1, 0.15) is 6.10 Å². The van der Waals surface area contributed by atoms with Crippen LogP contribution in [0.15, 0.2) is 53.4 Å². The minimum absolute atomic E-state index is 0.0696. The maximum Gasteiger partial charge on any atom is 0.331 e. The van der Waals surface area contributed by atoms with Gasteiger partial charge in [-0.05, 0) is 37.1 Å². The fraction of sp³-hybridized carbons (Fsp3) is 0.316. The number of carbonyl (C=O) groups is 1. The van der Waals surface area contributed by atoms with Crippen molar-refractivity contribution >= 4 is 16.1 Å². The van der Waals surface area contributed by atoms with Crippen LogP contribution in [-0.4, -0.2) is 39.0 Å². The van der Waals surface area contributed by atoms with E-state index < -0.39 is 16.1 Å². The molecular formula is C19H22N2O4S. The van der Waals surface area contributed by atoms with Crippen molar-refractivity contribution in [3.05, 3.63) is 65.2 Å². The lowest BCUT2D eigenvalue weighted by molar-refractivity contribution is -0.0150. The number of morpholine rings is 1. The molecule has 1 fully saturated rings. The third-order valence-electron chi connectivity index (χ3n) is 4.44. The molecule has 0 radical (unpaired) electrons. The van der Waals surface area contributed by atoms with Gasteiger partial charge in [-0.3, -0.25) is 0 Å². The second-order valence-corrected chi connectivity index (χ2v) is 8.07. The van der Waals surface area contributed by atoms with Crippen molar-refractivity contribution in [1.29, 1.82) is 0 Å². The lowest BCUT2D eigenvalue weighted by atomic mass is 10.0. The molecule has 26 heavy (non-hydrogen) atoms. The van der Waals surface area contributed by atoms with Crippen molar-refractivity contribution < 1.29 is 17.9 Å². The van der Waals surface area contributed by atoms with E-state index in [0.29, 0.717) is 19.7 Å². The van der Waals surface area contributed by atoms with Gasteiger partial charge in [0.2, 0.25) is 0 Å². The van der Waals surface area contributed by atoms with Crippen molar-refractivity contribution in [2.24, 2.45) is 0 Å². The SMILES string of the molecule is Cc1ccc(S(=O)(=O)NC(=O)N2CCOC(c3ccccc3C)C2)cc1. The Bertz CT molecular complexity index is 894. The maximum absolute atomic E-state index is 12.5. The number of nitrogens with zero attached hydrogens (tertiary/aromatic N) is 1. The van der Waals surface area contributed by atoms with Crippen molar-refractivity contribution in [1.82, 2.24) is 9.62 Å². The lowest BCUT2D eigenvalue weighted by Crippen LogP contribution is -2.48. The van der Waals surface area contributed by atoms with Crippen LogP contribution in [0.4, 0.5) is 4.79 Å². The maximum atomic E-state index is 12.5. The molecule has 1 aliphatic heterocycles. The van der Waals surface area contributed by atoms with Crippen molar-refractivity contribution in [2.45, 2.75) is 24.8 Å². The first-order chi connectivity index (χ1) is 12.4. The van der Waals surface area contributed by atoms with Gasteiger partial charge in [0.15, 0.2) is 0 Å². The Balaban J connectivity index is 1.71. The second-order valence-electron chi connectivity index (χ2n) is 6.39. The van der Waals surface area contributed by atoms with Gasteiger partial charge in [0.25, 0.3) is 10.0 Å². The van der Waals surface area contributed by atoms with Gasteiger partial charge >= 0.3 is 6.03 Å². The molecule has 0 aliphatic carbocycles. The number of amides is 2. The molecule has 0 saturated carbocycles. The summed E-state index contributed by atoms with van der Waals surface area (Å²) in [6.45, 7) is 4.86. The highest BCUT2D eigenvalue weighted by atomic mass is 32.2. The van der Waals surface area contributed by atoms with Gasteiger partial charge in [-0.15, -0.1) is 0 Å². The fourth-order valence-corrected chi connectivity index (χ4v) is 3.90. The van der Waals surface area contributed by atoms with Crippen LogP contribution in [0.3, 0.4) is 0 Å². The van der Waals surface area contributed by atoms with E-state index in [9.17, 15) is 13.2 Å². The molecule has 0 bridgehead atoms. The van der Waals surface area contributed by atoms with Crippen LogP contribution >= 0.6 is 0 Å². The number of ether oxygens (including phenoxy) is 1. The molecule has 1 heterocycles. The second kappa shape index (κ2) is 7.47. The summed E-state index contributed by atoms with van der Waals surface area (Å²) in [7, 11) is -3.90. The van der Waals surface area contributed by atoms with Crippen LogP contribution in [-0.2, 0) is 14.8 Å². The van der Waals surface area contributed by atoms with Gasteiger partial charge < -0.3 is 9.64 Å². The molecular weight excluding hydrogens is 352 g/mol. The van der Waals surface area contributed by atoms with Crippen LogP contribution in [0.5, 0.6) is 0 Å². The van der Waals surface area contributed by atoms with Gasteiger partial charge in [0.05, 0.1) is 18.0 Å². The molecule has 138 valence electrons. The summed E-state index contributed by atoms with van der Waals surface area (Å²) >= 11 is 0. The highest BCUT2D eigenvalue weighted by Gasteiger charge is 2.28. The smallest absolute Gasteiger partial charge is 0.331 e. The Hall–Kier alpha value is -2.38. The predicted octanol–water partition coefficient (Wildman–Crippen LogP) is 2.78. The monoisotopic (exact) mass is 374 g/mol. The van der Waals surface area contributed by atoms with Gasteiger partial charge in [-0.25, -0.2) is 17.9 Å². The summed E-state index contributed by atoms with van der Waals surface area (Å²) in [4.78, 5) is 14.0. The van der Waals surface area contributed by atoms with Crippen LogP contribution < -0.4 is 4.72 Å². The third kappa shape index (κ3) is 4.05. The Morgan fingerprint density at radius 2 is 1.81 bits per heavy atom. The summed E-state index contributed by atoms with van der Waals surface area (Å²) in [5.41, 5.74) is 3.03. The van der Waals surface area contributed by atoms with E-state index in [0.717, 1.165) is 16.7 Å². The van der Waals surface area contributed by atoms with E-state index in [1.54, 1.807) is 12.1 Å². The minimum atomic E-state index is -3.90. The molecule has 1 N–H and O–H groups in total. The van der Waals surface area contributed by atoms with E-state index in [1.807, 2.05) is 38.1 Å². The summed E-state index contributed by atoms with van der Waals surface area (Å²) in [6.07, 6.45) is -0.266. The average Bonchev–Trinajstić information content (AvgIpc) is 2.62. The van der Waals surface area contributed by atoms with Gasteiger partial charge in [0, 0.05) is 6.54 Å². The molecule has 1 aliphatic rings. The van der Waals surface area contributed by atoms with Crippen LogP contribution in [0.25, 0.3) is 0 Å².